The molecule has 0 radical (unpaired) electrons. The van der Waals surface area contributed by atoms with E-state index in [1.807, 2.05) is 6.92 Å². The van der Waals surface area contributed by atoms with Crippen molar-refractivity contribution in [3.8, 4) is 5.75 Å². The molecule has 0 aliphatic rings. The molecule has 4 N–H and O–H groups in total. The Labute approximate surface area is 165 Å². The summed E-state index contributed by atoms with van der Waals surface area (Å²) in [5.41, 5.74) is 1.21. The fraction of sp³-hybridized carbons (Fsp3) is 0.176. The van der Waals surface area contributed by atoms with Crippen molar-refractivity contribution < 1.29 is 18.3 Å². The zero-order valence-corrected chi connectivity index (χ0v) is 16.4. The Kier molecular flexibility index (Phi) is 5.68. The highest BCUT2D eigenvalue weighted by atomic mass is 32.2. The second-order valence-electron chi connectivity index (χ2n) is 5.91. The smallest absolute Gasteiger partial charge is 0.238 e. The lowest BCUT2D eigenvalue weighted by atomic mass is 10.2. The number of aromatic hydroxyl groups is 1. The third-order valence-electron chi connectivity index (χ3n) is 3.75. The van der Waals surface area contributed by atoms with Gasteiger partial charge in [0.05, 0.1) is 21.8 Å². The first-order valence-electron chi connectivity index (χ1n) is 8.25. The Morgan fingerprint density at radius 2 is 2.04 bits per heavy atom. The van der Waals surface area contributed by atoms with E-state index in [4.69, 9.17) is 5.14 Å². The molecule has 0 aliphatic carbocycles. The zero-order valence-electron chi connectivity index (χ0n) is 14.8. The number of hydrogen-bond donors (Lipinski definition) is 3. The number of phenols is 1. The van der Waals surface area contributed by atoms with Crippen LogP contribution in [0.3, 0.4) is 0 Å². The maximum absolute atomic E-state index is 11.7. The van der Waals surface area contributed by atoms with Crippen LogP contribution in [0.1, 0.15) is 19.8 Å². The molecule has 1 heterocycles. The van der Waals surface area contributed by atoms with E-state index in [9.17, 15) is 18.3 Å². The van der Waals surface area contributed by atoms with Gasteiger partial charge >= 0.3 is 0 Å². The zero-order chi connectivity index (χ0) is 20.3. The summed E-state index contributed by atoms with van der Waals surface area (Å²) in [5.74, 6) is -0.291. The summed E-state index contributed by atoms with van der Waals surface area (Å²) in [5, 5.41) is 26.8. The number of benzene rings is 2. The van der Waals surface area contributed by atoms with Crippen molar-refractivity contribution in [3.05, 3.63) is 36.4 Å². The highest BCUT2D eigenvalue weighted by Gasteiger charge is 2.13. The number of fused-ring (bicyclic) bond motifs is 1. The van der Waals surface area contributed by atoms with E-state index in [-0.39, 0.29) is 22.2 Å². The van der Waals surface area contributed by atoms with Crippen LogP contribution in [-0.2, 0) is 14.8 Å². The quantitative estimate of drug-likeness (QED) is 0.410. The minimum absolute atomic E-state index is 0.0396. The van der Waals surface area contributed by atoms with Gasteiger partial charge in [0, 0.05) is 11.8 Å². The number of primary sulfonamides is 1. The van der Waals surface area contributed by atoms with Crippen LogP contribution in [-0.4, -0.2) is 23.8 Å². The predicted molar refractivity (Wildman–Crippen MR) is 107 cm³/mol. The molecular formula is C17H17N5O4S2. The van der Waals surface area contributed by atoms with Gasteiger partial charge < -0.3 is 10.4 Å². The van der Waals surface area contributed by atoms with Gasteiger partial charge in [0.25, 0.3) is 0 Å². The number of hydrogen-bond acceptors (Lipinski definition) is 8. The van der Waals surface area contributed by atoms with Crippen LogP contribution in [0.15, 0.2) is 51.5 Å². The lowest BCUT2D eigenvalue weighted by Gasteiger charge is -2.07. The molecule has 0 bridgehead atoms. The molecule has 11 heteroatoms. The highest BCUT2D eigenvalue weighted by molar-refractivity contribution is 7.89. The average molecular weight is 419 g/mol. The van der Waals surface area contributed by atoms with Gasteiger partial charge in [-0.3, -0.25) is 4.79 Å². The SMILES string of the molecule is CCCC(=O)Nc1cc(/N=N/c2snc3ccc(S(N)(=O)=O)cc23)ccc1O. The van der Waals surface area contributed by atoms with E-state index in [2.05, 4.69) is 19.9 Å². The first-order valence-corrected chi connectivity index (χ1v) is 10.6. The van der Waals surface area contributed by atoms with Crippen LogP contribution in [0.2, 0.25) is 0 Å². The lowest BCUT2D eigenvalue weighted by molar-refractivity contribution is -0.116. The molecule has 1 amide bonds. The predicted octanol–water partition coefficient (Wildman–Crippen LogP) is 3.80. The molecule has 1 aromatic heterocycles. The van der Waals surface area contributed by atoms with Crippen LogP contribution in [0, 0.1) is 0 Å². The van der Waals surface area contributed by atoms with Gasteiger partial charge in [-0.1, -0.05) is 6.92 Å². The summed E-state index contributed by atoms with van der Waals surface area (Å²) in [6.45, 7) is 1.88. The fourth-order valence-corrected chi connectivity index (χ4v) is 3.61. The molecule has 146 valence electrons. The number of sulfonamides is 1. The van der Waals surface area contributed by atoms with Gasteiger partial charge in [0.2, 0.25) is 15.9 Å². The summed E-state index contributed by atoms with van der Waals surface area (Å²) in [6.07, 6.45) is 1.02. The van der Waals surface area contributed by atoms with Crippen LogP contribution in [0.4, 0.5) is 16.4 Å². The standard InChI is InChI=1S/C17H17N5O4S2/c1-2-3-16(24)19-14-8-10(4-7-15(14)23)20-21-17-12-9-11(28(18,25)26)5-6-13(12)22-27-17/h4-9,23H,2-3H2,1H3,(H,19,24)(H2,18,25,26)/b21-20+. The largest absolute Gasteiger partial charge is 0.506 e. The summed E-state index contributed by atoms with van der Waals surface area (Å²) in [6, 6.07) is 8.75. The second-order valence-corrected chi connectivity index (χ2v) is 8.22. The summed E-state index contributed by atoms with van der Waals surface area (Å²) < 4.78 is 27.3. The number of phenolic OH excluding ortho intramolecular Hbond substituents is 1. The minimum atomic E-state index is -3.85. The van der Waals surface area contributed by atoms with Crippen molar-refractivity contribution in [3.63, 3.8) is 0 Å². The van der Waals surface area contributed by atoms with E-state index in [1.165, 1.54) is 30.3 Å². The number of carbonyl (C=O) groups excluding carboxylic acids is 1. The number of amides is 1. The molecule has 0 saturated carbocycles. The Balaban J connectivity index is 1.90. The Morgan fingerprint density at radius 3 is 2.75 bits per heavy atom. The highest BCUT2D eigenvalue weighted by Crippen LogP contribution is 2.34. The number of carbonyl (C=O) groups is 1. The van der Waals surface area contributed by atoms with E-state index < -0.39 is 10.0 Å². The van der Waals surface area contributed by atoms with E-state index in [0.717, 1.165) is 11.5 Å². The molecule has 0 unspecified atom stereocenters. The molecular weight excluding hydrogens is 402 g/mol. The number of nitrogens with zero attached hydrogens (tertiary/aromatic N) is 3. The van der Waals surface area contributed by atoms with E-state index in [1.54, 1.807) is 6.07 Å². The van der Waals surface area contributed by atoms with Gasteiger partial charge in [0.1, 0.15) is 5.75 Å². The fourth-order valence-electron chi connectivity index (χ4n) is 2.39. The van der Waals surface area contributed by atoms with Crippen molar-refractivity contribution in [2.75, 3.05) is 5.32 Å². The Bertz CT molecular complexity index is 1170. The van der Waals surface area contributed by atoms with Gasteiger partial charge in [-0.25, -0.2) is 13.6 Å². The van der Waals surface area contributed by atoms with Crippen LogP contribution in [0.5, 0.6) is 5.75 Å². The van der Waals surface area contributed by atoms with E-state index in [0.29, 0.717) is 34.4 Å². The number of azo groups is 1. The number of anilines is 1. The average Bonchev–Trinajstić information content (AvgIpc) is 3.04. The normalized spacial score (nSPS) is 11.9. The van der Waals surface area contributed by atoms with Gasteiger partial charge in [-0.15, -0.1) is 10.2 Å². The third kappa shape index (κ3) is 4.50. The topological polar surface area (TPSA) is 147 Å². The molecule has 2 aromatic carbocycles. The maximum Gasteiger partial charge on any atom is 0.238 e. The van der Waals surface area contributed by atoms with Crippen molar-refractivity contribution in [1.29, 1.82) is 0 Å². The Morgan fingerprint density at radius 1 is 1.25 bits per heavy atom. The van der Waals surface area contributed by atoms with Crippen molar-refractivity contribution in [1.82, 2.24) is 4.37 Å². The molecule has 3 rings (SSSR count). The van der Waals surface area contributed by atoms with Crippen molar-refractivity contribution >= 4 is 54.7 Å². The summed E-state index contributed by atoms with van der Waals surface area (Å²) >= 11 is 1.06. The number of nitrogens with two attached hydrogens (primary N) is 1. The van der Waals surface area contributed by atoms with Crippen molar-refractivity contribution in [2.45, 2.75) is 24.7 Å². The molecule has 0 atom stereocenters. The molecule has 0 spiro atoms. The molecule has 9 nitrogen and oxygen atoms in total. The Hall–Kier alpha value is -2.89. The van der Waals surface area contributed by atoms with E-state index >= 15 is 0 Å². The van der Waals surface area contributed by atoms with Crippen LogP contribution < -0.4 is 10.5 Å². The molecule has 3 aromatic rings. The summed E-state index contributed by atoms with van der Waals surface area (Å²) in [7, 11) is -3.85. The first-order chi connectivity index (χ1) is 13.3. The van der Waals surface area contributed by atoms with Gasteiger partial charge in [-0.2, -0.15) is 4.37 Å². The van der Waals surface area contributed by atoms with Crippen molar-refractivity contribution in [2.24, 2.45) is 15.4 Å². The second kappa shape index (κ2) is 8.00. The van der Waals surface area contributed by atoms with Gasteiger partial charge in [-0.05, 0) is 54.4 Å². The number of rotatable bonds is 6. The molecule has 0 aliphatic heterocycles. The summed E-state index contributed by atoms with van der Waals surface area (Å²) in [4.78, 5) is 11.7. The lowest BCUT2D eigenvalue weighted by Crippen LogP contribution is -2.11. The third-order valence-corrected chi connectivity index (χ3v) is 5.42. The minimum Gasteiger partial charge on any atom is -0.506 e. The monoisotopic (exact) mass is 419 g/mol. The maximum atomic E-state index is 11.7. The number of aromatic nitrogens is 1. The molecule has 0 saturated heterocycles. The molecule has 0 fully saturated rings. The van der Waals surface area contributed by atoms with Crippen LogP contribution in [0.25, 0.3) is 10.9 Å². The first kappa shape index (κ1) is 19.9. The molecule has 28 heavy (non-hydrogen) atoms. The number of nitrogens with one attached hydrogen (secondary N) is 1. The van der Waals surface area contributed by atoms with Crippen LogP contribution >= 0.6 is 11.5 Å². The van der Waals surface area contributed by atoms with Gasteiger partial charge in [0.15, 0.2) is 5.00 Å².